The first-order valence-corrected chi connectivity index (χ1v) is 15.9. The summed E-state index contributed by atoms with van der Waals surface area (Å²) in [5.41, 5.74) is -0.00158. The first-order chi connectivity index (χ1) is 20.2. The molecule has 0 fully saturated rings. The number of carbonyl (C=O) groups is 2. The van der Waals surface area contributed by atoms with Crippen molar-refractivity contribution in [3.05, 3.63) is 88.2 Å². The second-order valence-electron chi connectivity index (χ2n) is 10.8. The number of nitrogens with one attached hydrogen (secondary N) is 1. The molecular formula is C31H36Cl2FN3O5S. The van der Waals surface area contributed by atoms with Gasteiger partial charge in [-0.15, -0.1) is 0 Å². The summed E-state index contributed by atoms with van der Waals surface area (Å²) >= 11 is 12.5. The minimum atomic E-state index is -4.33. The van der Waals surface area contributed by atoms with Crippen LogP contribution < -0.4 is 14.4 Å². The number of hydrogen-bond acceptors (Lipinski definition) is 5. The van der Waals surface area contributed by atoms with Gasteiger partial charge in [-0.2, -0.15) is 0 Å². The summed E-state index contributed by atoms with van der Waals surface area (Å²) in [5, 5.41) is 3.59. The summed E-state index contributed by atoms with van der Waals surface area (Å²) in [6, 6.07) is 14.4. The average molecular weight is 653 g/mol. The second-order valence-corrected chi connectivity index (χ2v) is 13.5. The van der Waals surface area contributed by atoms with E-state index in [1.165, 1.54) is 47.4 Å². The first kappa shape index (κ1) is 34.2. The molecule has 8 nitrogen and oxygen atoms in total. The lowest BCUT2D eigenvalue weighted by atomic mass is 10.1. The van der Waals surface area contributed by atoms with Crippen molar-refractivity contribution in [2.45, 2.75) is 64.1 Å². The van der Waals surface area contributed by atoms with Crippen LogP contribution in [0.3, 0.4) is 0 Å². The minimum absolute atomic E-state index is 0.0697. The van der Waals surface area contributed by atoms with E-state index in [9.17, 15) is 22.4 Å². The van der Waals surface area contributed by atoms with Gasteiger partial charge in [0.2, 0.25) is 11.8 Å². The van der Waals surface area contributed by atoms with Crippen LogP contribution in [0, 0.1) is 5.82 Å². The van der Waals surface area contributed by atoms with E-state index in [0.717, 1.165) is 16.4 Å². The van der Waals surface area contributed by atoms with Crippen LogP contribution in [-0.2, 0) is 26.2 Å². The summed E-state index contributed by atoms with van der Waals surface area (Å²) in [4.78, 5) is 28.8. The lowest BCUT2D eigenvalue weighted by molar-refractivity contribution is -0.141. The lowest BCUT2D eigenvalue weighted by Gasteiger charge is -2.35. The van der Waals surface area contributed by atoms with Crippen LogP contribution in [0.25, 0.3) is 0 Å². The third kappa shape index (κ3) is 9.08. The Labute approximate surface area is 262 Å². The molecule has 1 unspecified atom stereocenters. The van der Waals surface area contributed by atoms with Crippen molar-refractivity contribution in [2.24, 2.45) is 0 Å². The Hall–Kier alpha value is -3.34. The molecule has 3 aromatic rings. The molecule has 0 bridgehead atoms. The minimum Gasteiger partial charge on any atom is -0.494 e. The third-order valence-electron chi connectivity index (χ3n) is 6.36. The van der Waals surface area contributed by atoms with Crippen LogP contribution in [0.1, 0.15) is 46.6 Å². The molecule has 0 heterocycles. The molecule has 3 aromatic carbocycles. The molecule has 3 rings (SSSR count). The van der Waals surface area contributed by atoms with Gasteiger partial charge in [-0.05, 0) is 100 Å². The number of benzene rings is 3. The Kier molecular flexibility index (Phi) is 11.5. The number of nitrogens with zero attached hydrogens (tertiary/aromatic N) is 2. The number of anilines is 1. The van der Waals surface area contributed by atoms with Crippen LogP contribution in [0.4, 0.5) is 10.1 Å². The molecule has 2 amide bonds. The molecule has 0 saturated heterocycles. The van der Waals surface area contributed by atoms with Gasteiger partial charge < -0.3 is 15.0 Å². The van der Waals surface area contributed by atoms with Crippen molar-refractivity contribution < 1.29 is 27.1 Å². The highest BCUT2D eigenvalue weighted by molar-refractivity contribution is 7.92. The molecular weight excluding hydrogens is 616 g/mol. The van der Waals surface area contributed by atoms with E-state index in [0.29, 0.717) is 22.9 Å². The van der Waals surface area contributed by atoms with E-state index < -0.39 is 45.8 Å². The predicted octanol–water partition coefficient (Wildman–Crippen LogP) is 6.45. The lowest BCUT2D eigenvalue weighted by Crippen LogP contribution is -2.55. The Balaban J connectivity index is 2.08. The fourth-order valence-corrected chi connectivity index (χ4v) is 6.23. The van der Waals surface area contributed by atoms with E-state index in [1.54, 1.807) is 26.0 Å². The molecule has 12 heteroatoms. The summed E-state index contributed by atoms with van der Waals surface area (Å²) < 4.78 is 48.1. The van der Waals surface area contributed by atoms with Gasteiger partial charge in [-0.25, -0.2) is 12.8 Å². The number of halogens is 3. The van der Waals surface area contributed by atoms with Crippen molar-refractivity contribution in [3.63, 3.8) is 0 Å². The maximum atomic E-state index is 14.1. The van der Waals surface area contributed by atoms with Gasteiger partial charge in [0.25, 0.3) is 10.0 Å². The molecule has 0 aliphatic rings. The van der Waals surface area contributed by atoms with Gasteiger partial charge in [0, 0.05) is 22.1 Å². The predicted molar refractivity (Wildman–Crippen MR) is 168 cm³/mol. The zero-order valence-corrected chi connectivity index (χ0v) is 27.1. The molecule has 0 saturated carbocycles. The summed E-state index contributed by atoms with van der Waals surface area (Å²) in [6.45, 7) is 8.65. The zero-order chi connectivity index (χ0) is 31.9. The van der Waals surface area contributed by atoms with Crippen LogP contribution in [0.15, 0.2) is 71.6 Å². The Morgan fingerprint density at radius 3 is 2.14 bits per heavy atom. The Bertz CT molecular complexity index is 1530. The quantitative estimate of drug-likeness (QED) is 0.243. The van der Waals surface area contributed by atoms with Crippen molar-refractivity contribution in [1.29, 1.82) is 0 Å². The Morgan fingerprint density at radius 1 is 0.977 bits per heavy atom. The summed E-state index contributed by atoms with van der Waals surface area (Å²) in [5.74, 6) is -1.16. The van der Waals surface area contributed by atoms with E-state index in [2.05, 4.69) is 5.32 Å². The van der Waals surface area contributed by atoms with Crippen molar-refractivity contribution >= 4 is 50.7 Å². The summed E-state index contributed by atoms with van der Waals surface area (Å²) in [6.07, 6.45) is 0.237. The Morgan fingerprint density at radius 2 is 1.60 bits per heavy atom. The number of ether oxygens (including phenoxy) is 1. The van der Waals surface area contributed by atoms with Gasteiger partial charge >= 0.3 is 0 Å². The maximum absolute atomic E-state index is 14.1. The highest BCUT2D eigenvalue weighted by Gasteiger charge is 2.35. The molecule has 43 heavy (non-hydrogen) atoms. The average Bonchev–Trinajstić information content (AvgIpc) is 2.92. The van der Waals surface area contributed by atoms with Gasteiger partial charge in [0.1, 0.15) is 24.2 Å². The molecule has 1 N–H and O–H groups in total. The molecule has 0 aliphatic heterocycles. The third-order valence-corrected chi connectivity index (χ3v) is 8.73. The smallest absolute Gasteiger partial charge is 0.264 e. The van der Waals surface area contributed by atoms with Crippen LogP contribution in [-0.4, -0.2) is 49.9 Å². The number of carbonyl (C=O) groups excluding carboxylic acids is 2. The zero-order valence-electron chi connectivity index (χ0n) is 24.7. The molecule has 232 valence electrons. The molecule has 0 spiro atoms. The SMILES string of the molecule is CCOc1ccc(S(=O)(=O)N(CC(=O)N(Cc2ccc(Cl)cc2Cl)C(CC)C(=O)NC(C)(C)C)c2ccc(F)cc2)cc1. The van der Waals surface area contributed by atoms with Gasteiger partial charge in [0.15, 0.2) is 0 Å². The van der Waals surface area contributed by atoms with E-state index in [4.69, 9.17) is 27.9 Å². The first-order valence-electron chi connectivity index (χ1n) is 13.7. The van der Waals surface area contributed by atoms with Crippen molar-refractivity contribution in [1.82, 2.24) is 10.2 Å². The number of hydrogen-bond donors (Lipinski definition) is 1. The standard InChI is InChI=1S/C31H36Cl2FN3O5S/c1-6-28(30(39)35-31(3,4)5)36(19-21-8-9-22(32)18-27(21)33)29(38)20-37(24-12-10-23(34)11-13-24)43(40,41)26-16-14-25(15-17-26)42-7-2/h8-18,28H,6-7,19-20H2,1-5H3,(H,35,39). The van der Waals surface area contributed by atoms with E-state index in [-0.39, 0.29) is 28.6 Å². The highest BCUT2D eigenvalue weighted by atomic mass is 35.5. The number of amides is 2. The van der Waals surface area contributed by atoms with Crippen molar-refractivity contribution in [3.8, 4) is 5.75 Å². The van der Waals surface area contributed by atoms with Gasteiger partial charge in [0.05, 0.1) is 17.2 Å². The second kappa shape index (κ2) is 14.4. The van der Waals surface area contributed by atoms with E-state index >= 15 is 0 Å². The van der Waals surface area contributed by atoms with Gasteiger partial charge in [-0.1, -0.05) is 36.2 Å². The van der Waals surface area contributed by atoms with Crippen molar-refractivity contribution in [2.75, 3.05) is 17.5 Å². The number of rotatable bonds is 12. The fraction of sp³-hybridized carbons (Fsp3) is 0.355. The van der Waals surface area contributed by atoms with Gasteiger partial charge in [-0.3, -0.25) is 13.9 Å². The fourth-order valence-electron chi connectivity index (χ4n) is 4.34. The summed E-state index contributed by atoms with van der Waals surface area (Å²) in [7, 11) is -4.33. The molecule has 0 radical (unpaired) electrons. The topological polar surface area (TPSA) is 96.0 Å². The highest BCUT2D eigenvalue weighted by Crippen LogP contribution is 2.28. The van der Waals surface area contributed by atoms with E-state index in [1.807, 2.05) is 20.8 Å². The monoisotopic (exact) mass is 651 g/mol. The maximum Gasteiger partial charge on any atom is 0.264 e. The molecule has 0 aromatic heterocycles. The molecule has 1 atom stereocenters. The normalized spacial score (nSPS) is 12.4. The van der Waals surface area contributed by atoms with Crippen LogP contribution >= 0.6 is 23.2 Å². The largest absolute Gasteiger partial charge is 0.494 e. The molecule has 0 aliphatic carbocycles. The van der Waals surface area contributed by atoms with Crippen LogP contribution in [0.5, 0.6) is 5.75 Å². The number of sulfonamides is 1. The van der Waals surface area contributed by atoms with Crippen LogP contribution in [0.2, 0.25) is 10.0 Å².